The van der Waals surface area contributed by atoms with E-state index in [9.17, 15) is 4.79 Å². The number of aromatic nitrogens is 3. The number of rotatable bonds is 8. The van der Waals surface area contributed by atoms with E-state index >= 15 is 0 Å². The van der Waals surface area contributed by atoms with Crippen LogP contribution in [-0.4, -0.2) is 64.9 Å². The number of nitrogens with zero attached hydrogens (tertiary/aromatic N) is 4. The van der Waals surface area contributed by atoms with Crippen LogP contribution in [0.1, 0.15) is 39.4 Å². The summed E-state index contributed by atoms with van der Waals surface area (Å²) in [6.07, 6.45) is 7.09. The van der Waals surface area contributed by atoms with Crippen LogP contribution >= 0.6 is 0 Å². The van der Waals surface area contributed by atoms with E-state index in [0.717, 1.165) is 53.5 Å². The maximum Gasteiger partial charge on any atom is 0.410 e. The van der Waals surface area contributed by atoms with Crippen LogP contribution in [0.25, 0.3) is 22.5 Å². The van der Waals surface area contributed by atoms with Crippen LogP contribution in [-0.2, 0) is 16.2 Å². The fourth-order valence-corrected chi connectivity index (χ4v) is 5.13. The molecule has 0 aliphatic carbocycles. The van der Waals surface area contributed by atoms with Gasteiger partial charge in [0.15, 0.2) is 0 Å². The predicted octanol–water partition coefficient (Wildman–Crippen LogP) is 6.12. The van der Waals surface area contributed by atoms with Crippen molar-refractivity contribution in [3.05, 3.63) is 30.4 Å². The molecule has 0 aromatic carbocycles. The number of piperidine rings is 1. The van der Waals surface area contributed by atoms with E-state index in [4.69, 9.17) is 18.9 Å². The third-order valence-corrected chi connectivity index (χ3v) is 7.99. The maximum absolute atomic E-state index is 12.7. The number of likely N-dealkylation sites (tertiary alicyclic amines) is 1. The van der Waals surface area contributed by atoms with Crippen molar-refractivity contribution in [2.45, 2.75) is 84.6 Å². The molecular formula is C27H41N5O4Si. The number of ether oxygens (including phenoxy) is 2. The zero-order valence-corrected chi connectivity index (χ0v) is 24.3. The number of amides is 1. The fourth-order valence-electron chi connectivity index (χ4n) is 4.37. The van der Waals surface area contributed by atoms with Crippen LogP contribution in [0.2, 0.25) is 25.7 Å². The predicted molar refractivity (Wildman–Crippen MR) is 149 cm³/mol. The van der Waals surface area contributed by atoms with E-state index in [1.54, 1.807) is 11.1 Å². The monoisotopic (exact) mass is 527 g/mol. The molecule has 10 heteroatoms. The van der Waals surface area contributed by atoms with Crippen molar-refractivity contribution in [3.63, 3.8) is 0 Å². The van der Waals surface area contributed by atoms with Gasteiger partial charge >= 0.3 is 6.09 Å². The number of anilines is 1. The maximum atomic E-state index is 12.7. The molecule has 1 fully saturated rings. The van der Waals surface area contributed by atoms with Crippen molar-refractivity contribution in [3.8, 4) is 11.5 Å². The van der Waals surface area contributed by atoms with Crippen LogP contribution in [0.5, 0.6) is 0 Å². The molecule has 0 bridgehead atoms. The Morgan fingerprint density at radius 2 is 2.03 bits per heavy atom. The molecule has 1 amide bonds. The lowest BCUT2D eigenvalue weighted by Crippen LogP contribution is -2.47. The number of fused-ring (bicyclic) bond motifs is 1. The lowest BCUT2D eigenvalue weighted by atomic mass is 10.0. The van der Waals surface area contributed by atoms with E-state index in [1.807, 2.05) is 44.7 Å². The Morgan fingerprint density at radius 3 is 2.70 bits per heavy atom. The molecule has 3 aromatic rings. The quantitative estimate of drug-likeness (QED) is 0.278. The molecule has 1 aliphatic heterocycles. The lowest BCUT2D eigenvalue weighted by molar-refractivity contribution is 0.0206. The summed E-state index contributed by atoms with van der Waals surface area (Å²) in [7, 11) is -1.15. The summed E-state index contributed by atoms with van der Waals surface area (Å²) >= 11 is 0. The highest BCUT2D eigenvalue weighted by atomic mass is 28.3. The van der Waals surface area contributed by atoms with Crippen molar-refractivity contribution in [1.82, 2.24) is 19.4 Å². The van der Waals surface area contributed by atoms with Gasteiger partial charge in [-0.25, -0.2) is 14.8 Å². The number of carbonyl (C=O) groups excluding carboxylic acids is 1. The van der Waals surface area contributed by atoms with E-state index < -0.39 is 13.7 Å². The van der Waals surface area contributed by atoms with Crippen molar-refractivity contribution < 1.29 is 18.7 Å². The minimum atomic E-state index is -1.15. The summed E-state index contributed by atoms with van der Waals surface area (Å²) < 4.78 is 19.5. The Hall–Kier alpha value is -2.85. The lowest BCUT2D eigenvalue weighted by Gasteiger charge is -2.35. The molecule has 0 radical (unpaired) electrons. The highest BCUT2D eigenvalue weighted by Crippen LogP contribution is 2.35. The first-order valence-corrected chi connectivity index (χ1v) is 16.8. The van der Waals surface area contributed by atoms with Crippen LogP contribution in [0, 0.1) is 6.92 Å². The van der Waals surface area contributed by atoms with E-state index in [2.05, 4.69) is 36.0 Å². The summed E-state index contributed by atoms with van der Waals surface area (Å²) in [6.45, 7) is 17.0. The standard InChI is InChI=1S/C27H41N5O4Si/c1-19-15-29-25(35-19)22-16-28-24-21(10-12-32(24)18-34-13-14-37(5,6)7)23(22)30-20-9-8-11-31(17-20)26(33)36-27(2,3)4/h10,12,15-16,20H,8-9,11,13-14,17-18H2,1-7H3,(H,28,30)/t20-/m1/s1. The zero-order valence-electron chi connectivity index (χ0n) is 23.3. The number of carbonyl (C=O) groups is 1. The van der Waals surface area contributed by atoms with Crippen molar-refractivity contribution in [2.24, 2.45) is 0 Å². The molecule has 3 aromatic heterocycles. The van der Waals surface area contributed by atoms with E-state index in [-0.39, 0.29) is 12.1 Å². The van der Waals surface area contributed by atoms with Crippen molar-refractivity contribution in [1.29, 1.82) is 0 Å². The highest BCUT2D eigenvalue weighted by Gasteiger charge is 2.29. The average Bonchev–Trinajstić information content (AvgIpc) is 3.42. The molecule has 1 N–H and O–H groups in total. The van der Waals surface area contributed by atoms with Gasteiger partial charge in [0.05, 0.1) is 17.4 Å². The molecular weight excluding hydrogens is 486 g/mol. The molecule has 0 spiro atoms. The Kier molecular flexibility index (Phi) is 7.98. The highest BCUT2D eigenvalue weighted by molar-refractivity contribution is 6.76. The molecule has 37 heavy (non-hydrogen) atoms. The molecule has 9 nitrogen and oxygen atoms in total. The zero-order chi connectivity index (χ0) is 26.8. The number of nitrogens with one attached hydrogen (secondary N) is 1. The molecule has 4 rings (SSSR count). The molecule has 202 valence electrons. The molecule has 0 unspecified atom stereocenters. The first kappa shape index (κ1) is 27.2. The summed E-state index contributed by atoms with van der Waals surface area (Å²) in [4.78, 5) is 23.7. The molecule has 1 saturated heterocycles. The van der Waals surface area contributed by atoms with Gasteiger partial charge in [0.25, 0.3) is 0 Å². The van der Waals surface area contributed by atoms with Crippen LogP contribution < -0.4 is 5.32 Å². The van der Waals surface area contributed by atoms with Gasteiger partial charge in [0.2, 0.25) is 5.89 Å². The van der Waals surface area contributed by atoms with Gasteiger partial charge in [-0.3, -0.25) is 0 Å². The minimum Gasteiger partial charge on any atom is -0.444 e. The Labute approximate surface area is 220 Å². The molecule has 0 saturated carbocycles. The SMILES string of the molecule is Cc1cnc(-c2cnc3c(ccn3COCC[Si](C)(C)C)c2N[C@@H]2CCCN(C(=O)OC(C)(C)C)C2)o1. The summed E-state index contributed by atoms with van der Waals surface area (Å²) in [6, 6.07) is 3.23. The number of aryl methyl sites for hydroxylation is 1. The van der Waals surface area contributed by atoms with Gasteiger partial charge in [-0.15, -0.1) is 0 Å². The fraction of sp³-hybridized carbons (Fsp3) is 0.593. The first-order valence-electron chi connectivity index (χ1n) is 13.1. The second kappa shape index (κ2) is 10.9. The van der Waals surface area contributed by atoms with Crippen LogP contribution in [0.15, 0.2) is 29.1 Å². The van der Waals surface area contributed by atoms with E-state index in [0.29, 0.717) is 25.7 Å². The Morgan fingerprint density at radius 1 is 1.24 bits per heavy atom. The van der Waals surface area contributed by atoms with Gasteiger partial charge in [0.1, 0.15) is 23.7 Å². The number of pyridine rings is 1. The normalized spacial score (nSPS) is 16.8. The first-order chi connectivity index (χ1) is 17.4. The van der Waals surface area contributed by atoms with Gasteiger partial charge in [-0.05, 0) is 52.6 Å². The molecule has 1 aliphatic rings. The van der Waals surface area contributed by atoms with Gasteiger partial charge in [-0.2, -0.15) is 0 Å². The topological polar surface area (TPSA) is 94.7 Å². The molecule has 1 atom stereocenters. The Balaban J connectivity index is 1.59. The van der Waals surface area contributed by atoms with Crippen LogP contribution in [0.4, 0.5) is 10.5 Å². The summed E-state index contributed by atoms with van der Waals surface area (Å²) in [5.41, 5.74) is 2.02. The van der Waals surface area contributed by atoms with Gasteiger partial charge in [-0.1, -0.05) is 19.6 Å². The van der Waals surface area contributed by atoms with Gasteiger partial charge < -0.3 is 28.7 Å². The van der Waals surface area contributed by atoms with E-state index in [1.165, 1.54) is 0 Å². The smallest absolute Gasteiger partial charge is 0.410 e. The van der Waals surface area contributed by atoms with Crippen LogP contribution in [0.3, 0.4) is 0 Å². The summed E-state index contributed by atoms with van der Waals surface area (Å²) in [5.74, 6) is 1.26. The largest absolute Gasteiger partial charge is 0.444 e. The third kappa shape index (κ3) is 7.13. The summed E-state index contributed by atoms with van der Waals surface area (Å²) in [5, 5.41) is 4.68. The van der Waals surface area contributed by atoms with Crippen molar-refractivity contribution in [2.75, 3.05) is 25.0 Å². The third-order valence-electron chi connectivity index (χ3n) is 6.29. The Bertz CT molecular complexity index is 1220. The molecule has 4 heterocycles. The number of hydrogen-bond donors (Lipinski definition) is 1. The average molecular weight is 528 g/mol. The van der Waals surface area contributed by atoms with Gasteiger partial charge in [0, 0.05) is 51.6 Å². The second-order valence-electron chi connectivity index (χ2n) is 12.1. The number of hydrogen-bond acceptors (Lipinski definition) is 7. The second-order valence-corrected chi connectivity index (χ2v) is 17.7. The number of oxazole rings is 1. The van der Waals surface area contributed by atoms with Crippen molar-refractivity contribution >= 4 is 30.9 Å². The minimum absolute atomic E-state index is 0.0537.